The summed E-state index contributed by atoms with van der Waals surface area (Å²) >= 11 is 1.15. The lowest BCUT2D eigenvalue weighted by molar-refractivity contribution is -0.220. The van der Waals surface area contributed by atoms with Crippen molar-refractivity contribution in [1.29, 1.82) is 0 Å². The smallest absolute Gasteiger partial charge is 0.472 e. The van der Waals surface area contributed by atoms with Crippen LogP contribution >= 0.6 is 19.6 Å². The Morgan fingerprint density at radius 2 is 1.14 bits per heavy atom. The topological polar surface area (TPSA) is 293 Å². The molecule has 1 aliphatic rings. The minimum atomic E-state index is -5.26. The molecule has 73 heavy (non-hydrogen) atoms. The fourth-order valence-electron chi connectivity index (χ4n) is 7.58. The lowest BCUT2D eigenvalue weighted by Gasteiger charge is -2.41. The zero-order valence-corrected chi connectivity index (χ0v) is 45.3. The van der Waals surface area contributed by atoms with Crippen molar-refractivity contribution in [3.63, 3.8) is 0 Å². The number of allylic oxidation sites excluding steroid dienone is 11. The molecule has 1 aliphatic carbocycles. The van der Waals surface area contributed by atoms with Gasteiger partial charge in [0.05, 0.1) is 12.7 Å². The quantitative estimate of drug-likeness (QED) is 0.00910. The first kappa shape index (κ1) is 68.0. The number of esters is 2. The lowest BCUT2D eigenvalue weighted by atomic mass is 9.85. The maximum Gasteiger partial charge on any atom is 0.472 e. The molecule has 17 nitrogen and oxygen atoms in total. The number of aliphatic hydroxyl groups is 6. The number of carboxylic acids is 1. The average Bonchev–Trinajstić information content (AvgIpc) is 3.36. The van der Waals surface area contributed by atoms with Crippen LogP contribution in [0.1, 0.15) is 168 Å². The van der Waals surface area contributed by atoms with E-state index in [-0.39, 0.29) is 31.4 Å². The summed E-state index contributed by atoms with van der Waals surface area (Å²) in [6.07, 6.45) is 31.0. The summed E-state index contributed by atoms with van der Waals surface area (Å²) < 4.78 is 33.8. The van der Waals surface area contributed by atoms with E-state index in [0.717, 1.165) is 76.0 Å². The summed E-state index contributed by atoms with van der Waals surface area (Å²) in [7, 11) is -5.26. The second-order valence-electron chi connectivity index (χ2n) is 18.6. The van der Waals surface area contributed by atoms with Crippen molar-refractivity contribution in [1.82, 2.24) is 0 Å². The Bertz CT molecular complexity index is 1680. The second kappa shape index (κ2) is 43.2. The number of hydrogen-bond donors (Lipinski definition) is 9. The first-order valence-electron chi connectivity index (χ1n) is 26.7. The normalized spacial score (nSPS) is 22.2. The monoisotopic (exact) mass is 1070 g/mol. The molecule has 0 amide bonds. The number of ether oxygens (including phenoxy) is 2. The molecule has 0 aromatic rings. The molecule has 19 heteroatoms. The molecular formula is C54H92NO16PS. The maximum absolute atomic E-state index is 13.2. The van der Waals surface area contributed by atoms with E-state index in [9.17, 15) is 54.5 Å². The highest BCUT2D eigenvalue weighted by Gasteiger charge is 2.51. The van der Waals surface area contributed by atoms with Crippen molar-refractivity contribution < 1.29 is 78.1 Å². The van der Waals surface area contributed by atoms with Gasteiger partial charge in [-0.3, -0.25) is 23.4 Å². The average molecular weight is 1070 g/mol. The highest BCUT2D eigenvalue weighted by Crippen LogP contribution is 2.47. The summed E-state index contributed by atoms with van der Waals surface area (Å²) in [5.74, 6) is -2.69. The Balaban J connectivity index is 2.80. The number of carbonyl (C=O) groups excluding carboxylic acids is 2. The largest absolute Gasteiger partial charge is 0.481 e. The zero-order chi connectivity index (χ0) is 54.1. The third-order valence-electron chi connectivity index (χ3n) is 12.0. The van der Waals surface area contributed by atoms with Crippen LogP contribution in [0.2, 0.25) is 0 Å². The van der Waals surface area contributed by atoms with Crippen LogP contribution in [0.25, 0.3) is 0 Å². The van der Waals surface area contributed by atoms with Crippen molar-refractivity contribution in [2.24, 2.45) is 5.73 Å². The predicted octanol–water partition coefficient (Wildman–Crippen LogP) is 8.38. The predicted molar refractivity (Wildman–Crippen MR) is 286 cm³/mol. The van der Waals surface area contributed by atoms with Gasteiger partial charge in [-0.15, -0.1) is 11.8 Å². The Hall–Kier alpha value is -2.97. The summed E-state index contributed by atoms with van der Waals surface area (Å²) in [5.41, 5.74) is 6.19. The Morgan fingerprint density at radius 1 is 0.630 bits per heavy atom. The molecular weight excluding hydrogens is 982 g/mol. The number of phosphoric acid groups is 1. The van der Waals surface area contributed by atoms with Gasteiger partial charge >= 0.3 is 25.7 Å². The summed E-state index contributed by atoms with van der Waals surface area (Å²) in [6, 6.07) is -1.26. The summed E-state index contributed by atoms with van der Waals surface area (Å²) in [4.78, 5) is 47.7. The van der Waals surface area contributed by atoms with E-state index in [0.29, 0.717) is 6.42 Å². The molecule has 0 aliphatic heterocycles. The van der Waals surface area contributed by atoms with Crippen LogP contribution < -0.4 is 5.73 Å². The third kappa shape index (κ3) is 34.3. The van der Waals surface area contributed by atoms with Crippen LogP contribution in [0.3, 0.4) is 0 Å². The van der Waals surface area contributed by atoms with Gasteiger partial charge in [0.2, 0.25) is 0 Å². The maximum atomic E-state index is 13.2. The molecule has 0 heterocycles. The number of unbranched alkanes of at least 4 members (excludes halogenated alkanes) is 15. The minimum absolute atomic E-state index is 0.0136. The van der Waals surface area contributed by atoms with Crippen LogP contribution in [0.15, 0.2) is 72.9 Å². The van der Waals surface area contributed by atoms with E-state index in [1.165, 1.54) is 57.8 Å². The van der Waals surface area contributed by atoms with Gasteiger partial charge in [0.25, 0.3) is 0 Å². The number of thioether (sulfide) groups is 1. The van der Waals surface area contributed by atoms with Crippen LogP contribution in [-0.4, -0.2) is 138 Å². The molecule has 1 saturated carbocycles. The third-order valence-corrected chi connectivity index (χ3v) is 14.4. The van der Waals surface area contributed by atoms with E-state index in [2.05, 4.69) is 50.3 Å². The standard InChI is InChI=1S/C54H92NO16PS/c1-3-5-7-9-11-13-15-17-18-19-20-21-22-23-25-27-29-31-33-38-47(59)70-42(40-69-72(66,67)71-53-51(63)49(61)48(60)50(62)52(53)64)39-68-54(65)43(55)41-73-45(44(56)35-34-37-46(57)58)36-32-30-28-26-24-16-14-12-10-8-6-4-2/h11-14,17-18,24,26,28,30,32,36,42-45,48-53,56,60-64H,3-10,15-16,19-23,25,27,29,31,33-35,37-41,55H2,1-2H3,(H,57,58)(H,66,67)/b13-11-,14-12-,18-17-,26-24-,30-28+,36-32+/t42-,43+,44+,45-,48?,49-,50+,51-,52-,53?/m1/s1. The number of carbonyl (C=O) groups is 3. The molecule has 10 N–H and O–H groups in total. The van der Waals surface area contributed by atoms with E-state index >= 15 is 0 Å². The Labute approximate surface area is 439 Å². The highest BCUT2D eigenvalue weighted by atomic mass is 32.2. The number of aliphatic hydroxyl groups excluding tert-OH is 6. The second-order valence-corrected chi connectivity index (χ2v) is 21.2. The summed E-state index contributed by atoms with van der Waals surface area (Å²) in [5, 5.41) is 70.0. The Morgan fingerprint density at radius 3 is 1.70 bits per heavy atom. The van der Waals surface area contributed by atoms with E-state index in [4.69, 9.17) is 29.4 Å². The number of phosphoric ester groups is 1. The van der Waals surface area contributed by atoms with Crippen LogP contribution in [0, 0.1) is 0 Å². The first-order valence-corrected chi connectivity index (χ1v) is 29.2. The fourth-order valence-corrected chi connectivity index (χ4v) is 9.68. The fraction of sp³-hybridized carbons (Fsp3) is 0.722. The molecule has 11 atom stereocenters. The Kier molecular flexibility index (Phi) is 40.2. The molecule has 0 spiro atoms. The van der Waals surface area contributed by atoms with E-state index in [1.807, 2.05) is 18.2 Å². The van der Waals surface area contributed by atoms with Crippen molar-refractivity contribution in [2.75, 3.05) is 19.0 Å². The SMILES string of the molecule is CCCCC/C=C\C\C=C/C=C/C=C/[C@@H](SC[C@H](N)C(=O)OC[C@H](COP(=O)(O)OC1[C@H](O)[C@H](O)C(O)[C@H](O)[C@H]1O)OC(=O)CCCCCCCCCCC/C=C\C/C=C\CCCCC)[C@@H](O)CCCC(=O)O. The van der Waals surface area contributed by atoms with Gasteiger partial charge in [-0.05, 0) is 70.6 Å². The van der Waals surface area contributed by atoms with E-state index < -0.39 is 99.1 Å². The molecule has 1 fully saturated rings. The van der Waals surface area contributed by atoms with Crippen molar-refractivity contribution >= 4 is 37.5 Å². The summed E-state index contributed by atoms with van der Waals surface area (Å²) in [6.45, 7) is 2.81. The van der Waals surface area contributed by atoms with Gasteiger partial charge in [-0.25, -0.2) is 4.57 Å². The number of hydrogen-bond acceptors (Lipinski definition) is 16. The van der Waals surface area contributed by atoms with E-state index in [1.54, 1.807) is 18.2 Å². The molecule has 1 rings (SSSR count). The molecule has 0 aromatic carbocycles. The molecule has 0 aromatic heterocycles. The van der Waals surface area contributed by atoms with Crippen LogP contribution in [0.5, 0.6) is 0 Å². The van der Waals surface area contributed by atoms with Gasteiger partial charge in [0, 0.05) is 23.8 Å². The van der Waals surface area contributed by atoms with Crippen molar-refractivity contribution in [3.05, 3.63) is 72.9 Å². The van der Waals surface area contributed by atoms with Crippen LogP contribution in [0.4, 0.5) is 0 Å². The lowest BCUT2D eigenvalue weighted by Crippen LogP contribution is -2.64. The number of rotatable bonds is 44. The number of nitrogens with two attached hydrogens (primary N) is 1. The van der Waals surface area contributed by atoms with Gasteiger partial charge in [-0.2, -0.15) is 0 Å². The highest BCUT2D eigenvalue weighted by molar-refractivity contribution is 8.00. The molecule has 420 valence electrons. The van der Waals surface area contributed by atoms with Crippen molar-refractivity contribution in [3.8, 4) is 0 Å². The molecule has 0 saturated heterocycles. The van der Waals surface area contributed by atoms with Crippen LogP contribution in [-0.2, 0) is 37.5 Å². The molecule has 3 unspecified atom stereocenters. The van der Waals surface area contributed by atoms with Gasteiger partial charge in [-0.1, -0.05) is 157 Å². The molecule has 0 radical (unpaired) electrons. The zero-order valence-electron chi connectivity index (χ0n) is 43.6. The van der Waals surface area contributed by atoms with Gasteiger partial charge in [0.1, 0.15) is 49.3 Å². The minimum Gasteiger partial charge on any atom is -0.481 e. The first-order chi connectivity index (χ1) is 35.0. The molecule has 0 bridgehead atoms. The van der Waals surface area contributed by atoms with Crippen molar-refractivity contribution in [2.45, 2.75) is 228 Å². The van der Waals surface area contributed by atoms with Gasteiger partial charge in [0.15, 0.2) is 6.10 Å². The van der Waals surface area contributed by atoms with Gasteiger partial charge < -0.3 is 55.8 Å². The number of carboxylic acid groups (broad SMARTS) is 1. The number of aliphatic carboxylic acids is 1.